The smallest absolute Gasteiger partial charge is 0.265 e. The third kappa shape index (κ3) is 5.62. The lowest BCUT2D eigenvalue weighted by atomic mass is 10.2. The number of amides is 2. The van der Waals surface area contributed by atoms with Crippen molar-refractivity contribution in [2.24, 2.45) is 5.16 Å². The van der Waals surface area contributed by atoms with Crippen molar-refractivity contribution in [3.63, 3.8) is 0 Å². The molecule has 0 spiro atoms. The lowest BCUT2D eigenvalue weighted by molar-refractivity contribution is -0.120. The molecule has 2 aromatic rings. The summed E-state index contributed by atoms with van der Waals surface area (Å²) in [5.74, 6) is 0.202. The monoisotopic (exact) mass is 405 g/mol. The molecule has 0 aliphatic carbocycles. The number of hydrogen-bond acceptors (Lipinski definition) is 6. The summed E-state index contributed by atoms with van der Waals surface area (Å²) < 4.78 is 10.4. The minimum atomic E-state index is -0.420. The van der Waals surface area contributed by atoms with Gasteiger partial charge in [0.05, 0.1) is 25.5 Å². The van der Waals surface area contributed by atoms with E-state index < -0.39 is 5.91 Å². The molecule has 2 aromatic carbocycles. The fraction of sp³-hybridized carbons (Fsp3) is 0.211. The van der Waals surface area contributed by atoms with Crippen LogP contribution in [0, 0.1) is 0 Å². The highest BCUT2D eigenvalue weighted by molar-refractivity contribution is 6.32. The summed E-state index contributed by atoms with van der Waals surface area (Å²) >= 11 is 6.11. The molecule has 0 bridgehead atoms. The number of carbonyl (C=O) groups is 2. The summed E-state index contributed by atoms with van der Waals surface area (Å²) in [5, 5.41) is 9.25. The molecule has 0 saturated heterocycles. The van der Waals surface area contributed by atoms with Crippen molar-refractivity contribution in [1.82, 2.24) is 5.32 Å². The van der Waals surface area contributed by atoms with Gasteiger partial charge in [0.15, 0.2) is 18.1 Å². The van der Waals surface area contributed by atoms with E-state index in [9.17, 15) is 9.59 Å². The number of benzene rings is 2. The van der Waals surface area contributed by atoms with Crippen LogP contribution in [-0.4, -0.2) is 45.9 Å². The van der Waals surface area contributed by atoms with Gasteiger partial charge < -0.3 is 24.9 Å². The molecule has 0 aliphatic rings. The molecule has 2 rings (SSSR count). The maximum atomic E-state index is 11.9. The van der Waals surface area contributed by atoms with Gasteiger partial charge in [0.25, 0.3) is 11.8 Å². The van der Waals surface area contributed by atoms with Crippen molar-refractivity contribution in [2.45, 2.75) is 0 Å². The van der Waals surface area contributed by atoms with Crippen LogP contribution < -0.4 is 20.1 Å². The molecule has 0 atom stereocenters. The summed E-state index contributed by atoms with van der Waals surface area (Å²) in [5.41, 5.74) is 1.52. The Labute approximate surface area is 167 Å². The first kappa shape index (κ1) is 21.0. The van der Waals surface area contributed by atoms with Crippen LogP contribution in [0.4, 0.5) is 5.69 Å². The second-order valence-electron chi connectivity index (χ2n) is 5.45. The molecule has 9 heteroatoms. The van der Waals surface area contributed by atoms with Gasteiger partial charge in [-0.1, -0.05) is 22.8 Å². The lowest BCUT2D eigenvalue weighted by Gasteiger charge is -2.09. The van der Waals surface area contributed by atoms with Gasteiger partial charge in [0.1, 0.15) is 0 Å². The maximum Gasteiger partial charge on any atom is 0.265 e. The molecule has 0 aliphatic heterocycles. The van der Waals surface area contributed by atoms with Gasteiger partial charge in [-0.15, -0.1) is 0 Å². The number of carbonyl (C=O) groups excluding carboxylic acids is 2. The van der Waals surface area contributed by atoms with Gasteiger partial charge in [-0.25, -0.2) is 0 Å². The predicted molar refractivity (Wildman–Crippen MR) is 107 cm³/mol. The minimum Gasteiger partial charge on any atom is -0.493 e. The fourth-order valence-corrected chi connectivity index (χ4v) is 2.58. The molecule has 0 fully saturated rings. The zero-order valence-corrected chi connectivity index (χ0v) is 16.4. The maximum absolute atomic E-state index is 11.9. The summed E-state index contributed by atoms with van der Waals surface area (Å²) in [6, 6.07) is 9.83. The van der Waals surface area contributed by atoms with Crippen molar-refractivity contribution in [3.05, 3.63) is 52.5 Å². The third-order valence-corrected chi connectivity index (χ3v) is 3.84. The van der Waals surface area contributed by atoms with E-state index in [0.717, 1.165) is 0 Å². The topological polar surface area (TPSA) is 98.3 Å². The molecule has 0 unspecified atom stereocenters. The van der Waals surface area contributed by atoms with E-state index in [1.807, 2.05) is 0 Å². The number of anilines is 1. The van der Waals surface area contributed by atoms with E-state index in [-0.39, 0.29) is 12.5 Å². The van der Waals surface area contributed by atoms with Crippen LogP contribution in [0.2, 0.25) is 5.02 Å². The predicted octanol–water partition coefficient (Wildman–Crippen LogP) is 2.71. The molecule has 0 radical (unpaired) electrons. The molecule has 8 nitrogen and oxygen atoms in total. The quantitative estimate of drug-likeness (QED) is 0.519. The summed E-state index contributed by atoms with van der Waals surface area (Å²) in [6.07, 6.45) is 1.40. The summed E-state index contributed by atoms with van der Waals surface area (Å²) in [6.45, 7) is -0.304. The first-order valence-corrected chi connectivity index (χ1v) is 8.55. The second kappa shape index (κ2) is 10.2. The van der Waals surface area contributed by atoms with Gasteiger partial charge in [-0.3, -0.25) is 9.59 Å². The normalized spacial score (nSPS) is 10.4. The molecule has 2 amide bonds. The van der Waals surface area contributed by atoms with Crippen LogP contribution in [0.1, 0.15) is 15.9 Å². The van der Waals surface area contributed by atoms with E-state index in [2.05, 4.69) is 15.8 Å². The van der Waals surface area contributed by atoms with E-state index in [0.29, 0.717) is 33.3 Å². The van der Waals surface area contributed by atoms with Crippen molar-refractivity contribution in [3.8, 4) is 11.5 Å². The molecule has 0 saturated carbocycles. The third-order valence-electron chi connectivity index (χ3n) is 3.56. The standard InChI is InChI=1S/C19H20ClN3O5/c1-21-19(25)13-5-4-6-14(9-13)23-17(24)11-28-22-10-12-7-15(20)18(27-3)16(8-12)26-2/h4-10H,11H2,1-3H3,(H,21,25)(H,23,24)/b22-10+. The summed E-state index contributed by atoms with van der Waals surface area (Å²) in [7, 11) is 4.52. The molecular formula is C19H20ClN3O5. The highest BCUT2D eigenvalue weighted by atomic mass is 35.5. The van der Waals surface area contributed by atoms with E-state index in [1.165, 1.54) is 27.5 Å². The van der Waals surface area contributed by atoms with Crippen LogP contribution in [-0.2, 0) is 9.63 Å². The fourth-order valence-electron chi connectivity index (χ4n) is 2.29. The number of halogens is 1. The minimum absolute atomic E-state index is 0.245. The first-order chi connectivity index (χ1) is 13.5. The zero-order valence-electron chi connectivity index (χ0n) is 15.6. The Balaban J connectivity index is 1.92. The van der Waals surface area contributed by atoms with Gasteiger partial charge in [-0.05, 0) is 30.3 Å². The molecular weight excluding hydrogens is 386 g/mol. The highest BCUT2D eigenvalue weighted by Gasteiger charge is 2.10. The largest absolute Gasteiger partial charge is 0.493 e. The number of rotatable bonds is 8. The average Bonchev–Trinajstić information content (AvgIpc) is 2.70. The van der Waals surface area contributed by atoms with E-state index >= 15 is 0 Å². The number of methoxy groups -OCH3 is 2. The Kier molecular flexibility index (Phi) is 7.65. The van der Waals surface area contributed by atoms with Gasteiger partial charge in [0.2, 0.25) is 0 Å². The zero-order chi connectivity index (χ0) is 20.5. The first-order valence-electron chi connectivity index (χ1n) is 8.17. The van der Waals surface area contributed by atoms with Crippen LogP contribution in [0.5, 0.6) is 11.5 Å². The van der Waals surface area contributed by atoms with Crippen molar-refractivity contribution in [1.29, 1.82) is 0 Å². The number of hydrogen-bond donors (Lipinski definition) is 2. The number of nitrogens with one attached hydrogen (secondary N) is 2. The lowest BCUT2D eigenvalue weighted by Crippen LogP contribution is -2.19. The number of nitrogens with zero attached hydrogens (tertiary/aromatic N) is 1. The Hall–Kier alpha value is -3.26. The van der Waals surface area contributed by atoms with E-state index in [4.69, 9.17) is 25.9 Å². The summed E-state index contributed by atoms with van der Waals surface area (Å²) in [4.78, 5) is 28.6. The molecule has 28 heavy (non-hydrogen) atoms. The Bertz CT molecular complexity index is 886. The van der Waals surface area contributed by atoms with Crippen molar-refractivity contribution in [2.75, 3.05) is 33.2 Å². The highest BCUT2D eigenvalue weighted by Crippen LogP contribution is 2.35. The van der Waals surface area contributed by atoms with Crippen molar-refractivity contribution < 1.29 is 23.9 Å². The Morgan fingerprint density at radius 2 is 1.96 bits per heavy atom. The van der Waals surface area contributed by atoms with E-state index in [1.54, 1.807) is 36.4 Å². The van der Waals surface area contributed by atoms with Crippen LogP contribution in [0.3, 0.4) is 0 Å². The molecule has 0 aromatic heterocycles. The molecule has 148 valence electrons. The Morgan fingerprint density at radius 1 is 1.18 bits per heavy atom. The van der Waals surface area contributed by atoms with Crippen LogP contribution in [0.25, 0.3) is 0 Å². The van der Waals surface area contributed by atoms with Crippen molar-refractivity contribution >= 4 is 35.3 Å². The van der Waals surface area contributed by atoms with Crippen LogP contribution >= 0.6 is 11.6 Å². The van der Waals surface area contributed by atoms with Crippen LogP contribution in [0.15, 0.2) is 41.6 Å². The molecule has 0 heterocycles. The Morgan fingerprint density at radius 3 is 2.64 bits per heavy atom. The molecule has 2 N–H and O–H groups in total. The van der Waals surface area contributed by atoms with Gasteiger partial charge in [-0.2, -0.15) is 0 Å². The number of oxime groups is 1. The van der Waals surface area contributed by atoms with Gasteiger partial charge >= 0.3 is 0 Å². The van der Waals surface area contributed by atoms with Gasteiger partial charge in [0, 0.05) is 23.9 Å². The second-order valence-corrected chi connectivity index (χ2v) is 5.86. The average molecular weight is 406 g/mol. The number of ether oxygens (including phenoxy) is 2. The SMILES string of the molecule is CNC(=O)c1cccc(NC(=O)CO/N=C/c2cc(Cl)c(OC)c(OC)c2)c1.